The van der Waals surface area contributed by atoms with Gasteiger partial charge in [0, 0.05) is 38.8 Å². The molecule has 11 heteroatoms. The maximum Gasteiger partial charge on any atom is 0.389 e. The number of primary amides is 2. The minimum atomic E-state index is -4.27. The number of alkyl halides is 3. The van der Waals surface area contributed by atoms with Gasteiger partial charge in [-0.05, 0) is 69.1 Å². The van der Waals surface area contributed by atoms with E-state index in [1.165, 1.54) is 22.6 Å². The highest BCUT2D eigenvalue weighted by atomic mass is 19.4. The lowest BCUT2D eigenvalue weighted by Gasteiger charge is -2.49. The molecule has 3 atom stereocenters. The molecule has 0 aromatic carbocycles. The molecule has 0 radical (unpaired) electrons. The largest absolute Gasteiger partial charge is 0.389 e. The fourth-order valence-electron chi connectivity index (χ4n) is 5.81. The number of carbonyl (C=O) groups is 4. The number of hydrogen-bond donors (Lipinski definition) is 2. The smallest absolute Gasteiger partial charge is 0.370 e. The molecule has 0 aromatic heterocycles. The molecule has 38 heavy (non-hydrogen) atoms. The number of hydrogen-bond acceptors (Lipinski definition) is 4. The van der Waals surface area contributed by atoms with Crippen LogP contribution < -0.4 is 11.5 Å². The Morgan fingerprint density at radius 1 is 0.868 bits per heavy atom. The first-order chi connectivity index (χ1) is 17.8. The van der Waals surface area contributed by atoms with Crippen LogP contribution >= 0.6 is 0 Å². The van der Waals surface area contributed by atoms with Crippen molar-refractivity contribution >= 4 is 23.6 Å². The number of halogens is 3. The summed E-state index contributed by atoms with van der Waals surface area (Å²) in [4.78, 5) is 52.0. The molecule has 2 saturated heterocycles. The van der Waals surface area contributed by atoms with Gasteiger partial charge in [0.2, 0.25) is 17.7 Å². The molecule has 0 aromatic rings. The second kappa shape index (κ2) is 14.2. The van der Waals surface area contributed by atoms with Crippen molar-refractivity contribution in [2.75, 3.05) is 13.1 Å². The maximum absolute atomic E-state index is 13.2. The molecule has 3 fully saturated rings. The highest BCUT2D eigenvalue weighted by Gasteiger charge is 2.52. The molecule has 4 N–H and O–H groups in total. The number of rotatable bonds is 10. The van der Waals surface area contributed by atoms with Crippen LogP contribution in [0.5, 0.6) is 0 Å². The summed E-state index contributed by atoms with van der Waals surface area (Å²) in [6, 6.07) is 0. The minimum absolute atomic E-state index is 0.0166. The van der Waals surface area contributed by atoms with E-state index in [0.29, 0.717) is 31.7 Å². The van der Waals surface area contributed by atoms with Crippen LogP contribution in [0.2, 0.25) is 0 Å². The summed E-state index contributed by atoms with van der Waals surface area (Å²) in [5.41, 5.74) is 9.05. The maximum atomic E-state index is 13.2. The molecule has 4 amide bonds. The van der Waals surface area contributed by atoms with E-state index >= 15 is 0 Å². The topological polar surface area (TPSA) is 127 Å². The third-order valence-electron chi connectivity index (χ3n) is 7.97. The average Bonchev–Trinajstić information content (AvgIpc) is 3.66. The van der Waals surface area contributed by atoms with Crippen molar-refractivity contribution in [2.24, 2.45) is 29.2 Å². The van der Waals surface area contributed by atoms with Crippen molar-refractivity contribution in [1.82, 2.24) is 9.80 Å². The first-order valence-corrected chi connectivity index (χ1v) is 14.1. The Kier molecular flexibility index (Phi) is 11.9. The average molecular weight is 547 g/mol. The standard InChI is InChI=1S/C23H36F3N3O3.C4H9NO/c1-2-22(21(27)32,29-15-18(13-16-9-10-16)6-4-8-20(29)31)28-14-17(5-3-7-19(28)30)11-12-23(24,25)26;1-2-3-4(5)6/h16-18H,2-15H2,1H3,(H2,27,32);2-3H2,1H3,(H2,5,6). The van der Waals surface area contributed by atoms with Gasteiger partial charge in [0.1, 0.15) is 0 Å². The normalized spacial score (nSPS) is 24.6. The molecule has 8 nitrogen and oxygen atoms in total. The van der Waals surface area contributed by atoms with E-state index in [1.54, 1.807) is 6.92 Å². The van der Waals surface area contributed by atoms with Crippen molar-refractivity contribution in [2.45, 2.75) is 116 Å². The summed E-state index contributed by atoms with van der Waals surface area (Å²) in [5, 5.41) is 0. The number of carbonyl (C=O) groups excluding carboxylic acids is 4. The first-order valence-electron chi connectivity index (χ1n) is 14.1. The predicted molar refractivity (Wildman–Crippen MR) is 137 cm³/mol. The van der Waals surface area contributed by atoms with Crippen molar-refractivity contribution in [1.29, 1.82) is 0 Å². The summed E-state index contributed by atoms with van der Waals surface area (Å²) in [6.45, 7) is 4.03. The summed E-state index contributed by atoms with van der Waals surface area (Å²) in [7, 11) is 0. The van der Waals surface area contributed by atoms with Gasteiger partial charge >= 0.3 is 6.18 Å². The molecule has 3 rings (SSSR count). The van der Waals surface area contributed by atoms with Gasteiger partial charge in [0.25, 0.3) is 5.91 Å². The fraction of sp³-hybridized carbons (Fsp3) is 0.852. The van der Waals surface area contributed by atoms with Crippen molar-refractivity contribution in [3.8, 4) is 0 Å². The van der Waals surface area contributed by atoms with E-state index in [2.05, 4.69) is 0 Å². The molecule has 0 spiro atoms. The van der Waals surface area contributed by atoms with Gasteiger partial charge in [-0.2, -0.15) is 13.2 Å². The van der Waals surface area contributed by atoms with Crippen LogP contribution in [0.15, 0.2) is 0 Å². The molecule has 3 unspecified atom stereocenters. The van der Waals surface area contributed by atoms with Gasteiger partial charge in [-0.3, -0.25) is 19.2 Å². The predicted octanol–water partition coefficient (Wildman–Crippen LogP) is 4.25. The first kappa shape index (κ1) is 31.9. The Balaban J connectivity index is 0.000000757. The number of nitrogens with zero attached hydrogens (tertiary/aromatic N) is 2. The molecule has 0 bridgehead atoms. The quantitative estimate of drug-likeness (QED) is 0.425. The zero-order valence-corrected chi connectivity index (χ0v) is 22.9. The van der Waals surface area contributed by atoms with E-state index in [-0.39, 0.29) is 55.9 Å². The third kappa shape index (κ3) is 9.15. The highest BCUT2D eigenvalue weighted by Crippen LogP contribution is 2.40. The Bertz CT molecular complexity index is 834. The van der Waals surface area contributed by atoms with Gasteiger partial charge in [-0.25, -0.2) is 0 Å². The van der Waals surface area contributed by atoms with Crippen LogP contribution in [0.25, 0.3) is 0 Å². The molecule has 3 aliphatic rings. The molecule has 2 heterocycles. The van der Waals surface area contributed by atoms with Crippen LogP contribution in [0, 0.1) is 17.8 Å². The van der Waals surface area contributed by atoms with Crippen LogP contribution in [0.1, 0.15) is 104 Å². The summed E-state index contributed by atoms with van der Waals surface area (Å²) in [5.74, 6) is -0.988. The zero-order valence-electron chi connectivity index (χ0n) is 22.9. The molecule has 1 aliphatic carbocycles. The lowest BCUT2D eigenvalue weighted by Crippen LogP contribution is -2.70. The second-order valence-corrected chi connectivity index (χ2v) is 11.1. The third-order valence-corrected chi connectivity index (χ3v) is 7.97. The van der Waals surface area contributed by atoms with E-state index < -0.39 is 30.1 Å². The van der Waals surface area contributed by atoms with Gasteiger partial charge < -0.3 is 21.3 Å². The van der Waals surface area contributed by atoms with E-state index in [4.69, 9.17) is 11.5 Å². The Morgan fingerprint density at radius 3 is 1.79 bits per heavy atom. The number of amides is 4. The van der Waals surface area contributed by atoms with Crippen LogP contribution in [-0.4, -0.2) is 58.4 Å². The molecular weight excluding hydrogens is 501 g/mol. The van der Waals surface area contributed by atoms with E-state index in [0.717, 1.165) is 25.7 Å². The highest BCUT2D eigenvalue weighted by molar-refractivity contribution is 5.94. The molecule has 1 saturated carbocycles. The van der Waals surface area contributed by atoms with Gasteiger partial charge in [-0.1, -0.05) is 26.7 Å². The minimum Gasteiger partial charge on any atom is -0.370 e. The zero-order chi connectivity index (χ0) is 28.5. The van der Waals surface area contributed by atoms with Gasteiger partial charge in [0.15, 0.2) is 5.66 Å². The second-order valence-electron chi connectivity index (χ2n) is 11.1. The van der Waals surface area contributed by atoms with Gasteiger partial charge in [-0.15, -0.1) is 0 Å². The molecule has 218 valence electrons. The monoisotopic (exact) mass is 546 g/mol. The summed E-state index contributed by atoms with van der Waals surface area (Å²) in [6.07, 6.45) is 2.55. The lowest BCUT2D eigenvalue weighted by molar-refractivity contribution is -0.170. The van der Waals surface area contributed by atoms with Crippen molar-refractivity contribution in [3.63, 3.8) is 0 Å². The fourth-order valence-corrected chi connectivity index (χ4v) is 5.81. The number of nitrogens with two attached hydrogens (primary N) is 2. The SMILES string of the molecule is CCC(C(N)=O)(N1CC(CCC(F)(F)F)CCCC1=O)N1CC(CC2CC2)CCCC1=O.CCCC(N)=O. The Hall–Kier alpha value is -2.33. The number of likely N-dealkylation sites (tertiary alicyclic amines) is 2. The Labute approximate surface area is 224 Å². The Morgan fingerprint density at radius 2 is 1.39 bits per heavy atom. The molecule has 2 aliphatic heterocycles. The van der Waals surface area contributed by atoms with E-state index in [9.17, 15) is 32.3 Å². The van der Waals surface area contributed by atoms with Crippen molar-refractivity contribution in [3.05, 3.63) is 0 Å². The van der Waals surface area contributed by atoms with Crippen molar-refractivity contribution < 1.29 is 32.3 Å². The van der Waals surface area contributed by atoms with Crippen LogP contribution in [-0.2, 0) is 19.2 Å². The van der Waals surface area contributed by atoms with Crippen LogP contribution in [0.4, 0.5) is 13.2 Å². The van der Waals surface area contributed by atoms with Gasteiger partial charge in [0.05, 0.1) is 0 Å². The van der Waals surface area contributed by atoms with Crippen LogP contribution in [0.3, 0.4) is 0 Å². The lowest BCUT2D eigenvalue weighted by atomic mass is 9.93. The molecular formula is C27H45F3N4O4. The summed E-state index contributed by atoms with van der Waals surface area (Å²) >= 11 is 0. The van der Waals surface area contributed by atoms with E-state index in [1.807, 2.05) is 6.92 Å². The summed E-state index contributed by atoms with van der Waals surface area (Å²) < 4.78 is 38.5.